The lowest BCUT2D eigenvalue weighted by molar-refractivity contribution is -0.146. The van der Waals surface area contributed by atoms with E-state index in [9.17, 15) is 9.90 Å². The Morgan fingerprint density at radius 2 is 2.15 bits per heavy atom. The third kappa shape index (κ3) is 6.75. The number of ether oxygens (including phenoxy) is 2. The number of esters is 1. The highest BCUT2D eigenvalue weighted by Crippen LogP contribution is 2.18. The van der Waals surface area contributed by atoms with Gasteiger partial charge in [-0.2, -0.15) is 0 Å². The Hall–Kier alpha value is -2.28. The van der Waals surface area contributed by atoms with Crippen LogP contribution in [0.15, 0.2) is 29.3 Å². The molecule has 1 heterocycles. The molecule has 7 heteroatoms. The number of piperidine rings is 1. The van der Waals surface area contributed by atoms with Gasteiger partial charge in [-0.1, -0.05) is 12.1 Å². The monoisotopic (exact) mass is 377 g/mol. The first kappa shape index (κ1) is 21.0. The summed E-state index contributed by atoms with van der Waals surface area (Å²) in [6.07, 6.45) is 0.804. The van der Waals surface area contributed by atoms with Crippen LogP contribution >= 0.6 is 0 Å². The number of benzene rings is 1. The fourth-order valence-corrected chi connectivity index (χ4v) is 3.06. The van der Waals surface area contributed by atoms with Gasteiger partial charge in [-0.05, 0) is 44.4 Å². The van der Waals surface area contributed by atoms with Gasteiger partial charge >= 0.3 is 5.97 Å². The molecular weight excluding hydrogens is 346 g/mol. The fourth-order valence-electron chi connectivity index (χ4n) is 3.06. The largest absolute Gasteiger partial charge is 0.491 e. The van der Waals surface area contributed by atoms with Gasteiger partial charge in [0.05, 0.1) is 19.6 Å². The zero-order valence-electron chi connectivity index (χ0n) is 16.5. The summed E-state index contributed by atoms with van der Waals surface area (Å²) in [6.45, 7) is 6.67. The summed E-state index contributed by atoms with van der Waals surface area (Å²) in [5.41, 5.74) is 1.12. The summed E-state index contributed by atoms with van der Waals surface area (Å²) >= 11 is 0. The molecule has 7 nitrogen and oxygen atoms in total. The molecular formula is C20H31N3O4. The van der Waals surface area contributed by atoms with Gasteiger partial charge in [-0.15, -0.1) is 0 Å². The Morgan fingerprint density at radius 3 is 2.78 bits per heavy atom. The van der Waals surface area contributed by atoms with Crippen LogP contribution in [0.3, 0.4) is 0 Å². The van der Waals surface area contributed by atoms with Gasteiger partial charge in [0.25, 0.3) is 0 Å². The summed E-state index contributed by atoms with van der Waals surface area (Å²) in [4.78, 5) is 18.3. The van der Waals surface area contributed by atoms with Crippen LogP contribution in [0.2, 0.25) is 0 Å². The van der Waals surface area contributed by atoms with E-state index in [1.807, 2.05) is 38.1 Å². The van der Waals surface area contributed by atoms with Gasteiger partial charge in [0.15, 0.2) is 5.96 Å². The predicted molar refractivity (Wildman–Crippen MR) is 105 cm³/mol. The molecule has 1 atom stereocenters. The van der Waals surface area contributed by atoms with E-state index in [2.05, 4.69) is 15.2 Å². The van der Waals surface area contributed by atoms with E-state index in [1.165, 1.54) is 7.11 Å². The number of hydrogen-bond acceptors (Lipinski definition) is 5. The number of likely N-dealkylation sites (tertiary alicyclic amines) is 1. The fraction of sp³-hybridized carbons (Fsp3) is 0.600. The van der Waals surface area contributed by atoms with E-state index in [-0.39, 0.29) is 25.0 Å². The number of rotatable bonds is 7. The molecule has 27 heavy (non-hydrogen) atoms. The van der Waals surface area contributed by atoms with Crippen LogP contribution in [0.25, 0.3) is 0 Å². The van der Waals surface area contributed by atoms with Crippen molar-refractivity contribution in [3.8, 4) is 5.75 Å². The Bertz CT molecular complexity index is 627. The van der Waals surface area contributed by atoms with Gasteiger partial charge in [0.1, 0.15) is 18.5 Å². The molecule has 2 rings (SSSR count). The quantitative estimate of drug-likeness (QED) is 0.427. The number of aliphatic hydroxyl groups excluding tert-OH is 1. The van der Waals surface area contributed by atoms with Crippen molar-refractivity contribution in [1.29, 1.82) is 0 Å². The standard InChI is InChI=1S/C20H31N3O4/c1-4-21-20(23-10-8-16(9-11-23)19(25)26-3)22-13-17(24)14-27-18-7-5-6-15(2)12-18/h5-7,12,16-17,24H,4,8-11,13-14H2,1-3H3,(H,21,22). The van der Waals surface area contributed by atoms with E-state index in [0.717, 1.165) is 49.7 Å². The predicted octanol–water partition coefficient (Wildman–Crippen LogP) is 1.59. The number of aryl methyl sites for hydroxylation is 1. The summed E-state index contributed by atoms with van der Waals surface area (Å²) in [5.74, 6) is 1.33. The lowest BCUT2D eigenvalue weighted by Crippen LogP contribution is -2.47. The summed E-state index contributed by atoms with van der Waals surface area (Å²) in [6, 6.07) is 7.74. The molecule has 1 saturated heterocycles. The minimum Gasteiger partial charge on any atom is -0.491 e. The van der Waals surface area contributed by atoms with E-state index in [0.29, 0.717) is 0 Å². The molecule has 1 aromatic rings. The number of aliphatic imine (C=N–C) groups is 1. The zero-order valence-corrected chi connectivity index (χ0v) is 16.5. The van der Waals surface area contributed by atoms with Crippen LogP contribution in [-0.4, -0.2) is 67.9 Å². The second-order valence-corrected chi connectivity index (χ2v) is 6.76. The second-order valence-electron chi connectivity index (χ2n) is 6.76. The molecule has 0 radical (unpaired) electrons. The molecule has 2 N–H and O–H groups in total. The molecule has 1 fully saturated rings. The van der Waals surface area contributed by atoms with Crippen LogP contribution in [0.5, 0.6) is 5.75 Å². The maximum absolute atomic E-state index is 11.7. The molecule has 1 aliphatic heterocycles. The van der Waals surface area contributed by atoms with Crippen molar-refractivity contribution in [2.75, 3.05) is 39.9 Å². The first-order chi connectivity index (χ1) is 13.0. The van der Waals surface area contributed by atoms with Crippen LogP contribution < -0.4 is 10.1 Å². The molecule has 1 aliphatic rings. The number of methoxy groups -OCH3 is 1. The number of hydrogen-bond donors (Lipinski definition) is 2. The van der Waals surface area contributed by atoms with E-state index in [4.69, 9.17) is 9.47 Å². The van der Waals surface area contributed by atoms with Crippen LogP contribution in [0.4, 0.5) is 0 Å². The second kappa shape index (κ2) is 10.8. The third-order valence-electron chi connectivity index (χ3n) is 4.55. The maximum Gasteiger partial charge on any atom is 0.308 e. The molecule has 1 unspecified atom stereocenters. The average molecular weight is 377 g/mol. The van der Waals surface area contributed by atoms with Gasteiger partial charge in [0.2, 0.25) is 0 Å². The Morgan fingerprint density at radius 1 is 1.41 bits per heavy atom. The highest BCUT2D eigenvalue weighted by Gasteiger charge is 2.27. The molecule has 0 spiro atoms. The SMILES string of the molecule is CCNC(=NCC(O)COc1cccc(C)c1)N1CCC(C(=O)OC)CC1. The number of carbonyl (C=O) groups excluding carboxylic acids is 1. The molecule has 0 bridgehead atoms. The molecule has 0 aromatic heterocycles. The Kier molecular flexibility index (Phi) is 8.39. The van der Waals surface area contributed by atoms with Crippen molar-refractivity contribution < 1.29 is 19.4 Å². The number of nitrogens with one attached hydrogen (secondary N) is 1. The van der Waals surface area contributed by atoms with Crippen molar-refractivity contribution in [3.63, 3.8) is 0 Å². The number of guanidine groups is 1. The average Bonchev–Trinajstić information content (AvgIpc) is 2.69. The van der Waals surface area contributed by atoms with E-state index >= 15 is 0 Å². The summed E-state index contributed by atoms with van der Waals surface area (Å²) in [5, 5.41) is 13.5. The maximum atomic E-state index is 11.7. The lowest BCUT2D eigenvalue weighted by atomic mass is 9.97. The first-order valence-corrected chi connectivity index (χ1v) is 9.52. The Balaban J connectivity index is 1.84. The van der Waals surface area contributed by atoms with E-state index < -0.39 is 6.10 Å². The lowest BCUT2D eigenvalue weighted by Gasteiger charge is -2.33. The van der Waals surface area contributed by atoms with Crippen molar-refractivity contribution in [1.82, 2.24) is 10.2 Å². The Labute approximate surface area is 161 Å². The zero-order chi connectivity index (χ0) is 19.6. The number of carbonyl (C=O) groups is 1. The smallest absolute Gasteiger partial charge is 0.308 e. The minimum atomic E-state index is -0.688. The van der Waals surface area contributed by atoms with E-state index in [1.54, 1.807) is 0 Å². The highest BCUT2D eigenvalue weighted by molar-refractivity contribution is 5.80. The molecule has 0 saturated carbocycles. The third-order valence-corrected chi connectivity index (χ3v) is 4.55. The van der Waals surface area contributed by atoms with Gasteiger partial charge in [0, 0.05) is 19.6 Å². The molecule has 0 amide bonds. The molecule has 150 valence electrons. The van der Waals surface area contributed by atoms with Crippen LogP contribution in [-0.2, 0) is 9.53 Å². The van der Waals surface area contributed by atoms with Crippen molar-refractivity contribution in [3.05, 3.63) is 29.8 Å². The van der Waals surface area contributed by atoms with Crippen molar-refractivity contribution in [2.45, 2.75) is 32.8 Å². The van der Waals surface area contributed by atoms with Gasteiger partial charge in [-0.3, -0.25) is 9.79 Å². The first-order valence-electron chi connectivity index (χ1n) is 9.52. The number of nitrogens with zero attached hydrogens (tertiary/aromatic N) is 2. The van der Waals surface area contributed by atoms with Crippen LogP contribution in [0, 0.1) is 12.8 Å². The van der Waals surface area contributed by atoms with Gasteiger partial charge < -0.3 is 24.8 Å². The normalized spacial score (nSPS) is 16.7. The van der Waals surface area contributed by atoms with Crippen LogP contribution in [0.1, 0.15) is 25.3 Å². The van der Waals surface area contributed by atoms with Crippen molar-refractivity contribution >= 4 is 11.9 Å². The summed E-state index contributed by atoms with van der Waals surface area (Å²) in [7, 11) is 1.43. The highest BCUT2D eigenvalue weighted by atomic mass is 16.5. The summed E-state index contributed by atoms with van der Waals surface area (Å²) < 4.78 is 10.5. The van der Waals surface area contributed by atoms with Crippen molar-refractivity contribution in [2.24, 2.45) is 10.9 Å². The topological polar surface area (TPSA) is 83.4 Å². The molecule has 1 aromatic carbocycles. The molecule has 0 aliphatic carbocycles. The minimum absolute atomic E-state index is 0.0394. The van der Waals surface area contributed by atoms with Gasteiger partial charge in [-0.25, -0.2) is 0 Å². The number of aliphatic hydroxyl groups is 1.